The Labute approximate surface area is 146 Å². The Bertz CT molecular complexity index is 787. The van der Waals surface area contributed by atoms with Crippen molar-refractivity contribution in [3.63, 3.8) is 0 Å². The van der Waals surface area contributed by atoms with Crippen LogP contribution in [0.5, 0.6) is 0 Å². The van der Waals surface area contributed by atoms with Crippen molar-refractivity contribution in [2.75, 3.05) is 19.6 Å². The molecule has 1 N–H and O–H groups in total. The molecule has 1 aliphatic heterocycles. The predicted octanol–water partition coefficient (Wildman–Crippen LogP) is 2.15. The monoisotopic (exact) mass is 342 g/mol. The van der Waals surface area contributed by atoms with Crippen LogP contribution in [0, 0.1) is 5.82 Å². The van der Waals surface area contributed by atoms with Gasteiger partial charge in [0.25, 0.3) is 0 Å². The number of aryl methyl sites for hydroxylation is 2. The number of nitrogens with zero attached hydrogens (tertiary/aromatic N) is 3. The highest BCUT2D eigenvalue weighted by Crippen LogP contribution is 2.33. The number of piperazine rings is 1. The Morgan fingerprint density at radius 1 is 1.40 bits per heavy atom. The Hall–Kier alpha value is -2.21. The normalized spacial score (nSPS) is 23.4. The van der Waals surface area contributed by atoms with Crippen molar-refractivity contribution in [1.29, 1.82) is 0 Å². The third-order valence-electron chi connectivity index (χ3n) is 5.26. The number of carbonyl (C=O) groups is 1. The van der Waals surface area contributed by atoms with Crippen LogP contribution < -0.4 is 5.32 Å². The molecule has 1 saturated heterocycles. The minimum atomic E-state index is -0.241. The van der Waals surface area contributed by atoms with Gasteiger partial charge >= 0.3 is 0 Å². The first-order chi connectivity index (χ1) is 12.1. The molecule has 0 saturated carbocycles. The minimum Gasteiger partial charge on any atom is -0.339 e. The highest BCUT2D eigenvalue weighted by atomic mass is 19.1. The number of amides is 1. The van der Waals surface area contributed by atoms with Crippen molar-refractivity contribution in [1.82, 2.24) is 20.0 Å². The molecule has 25 heavy (non-hydrogen) atoms. The van der Waals surface area contributed by atoms with Crippen LogP contribution in [0.25, 0.3) is 0 Å². The SMILES string of the molecule is Cn1cc2c(n1)CCCC2C(=O)N1CCNC(c2cccc(F)c2)C1. The predicted molar refractivity (Wildman–Crippen MR) is 92.6 cm³/mol. The van der Waals surface area contributed by atoms with Gasteiger partial charge in [-0.05, 0) is 37.0 Å². The summed E-state index contributed by atoms with van der Waals surface area (Å²) in [6.07, 6.45) is 4.82. The number of benzene rings is 1. The zero-order valence-electron chi connectivity index (χ0n) is 14.4. The zero-order valence-corrected chi connectivity index (χ0v) is 14.4. The van der Waals surface area contributed by atoms with Gasteiger partial charge in [0.1, 0.15) is 5.82 Å². The zero-order chi connectivity index (χ0) is 17.4. The molecule has 1 aliphatic carbocycles. The van der Waals surface area contributed by atoms with Gasteiger partial charge in [-0.1, -0.05) is 12.1 Å². The van der Waals surface area contributed by atoms with E-state index in [1.807, 2.05) is 28.9 Å². The van der Waals surface area contributed by atoms with Crippen LogP contribution in [0.1, 0.15) is 41.6 Å². The third-order valence-corrected chi connectivity index (χ3v) is 5.26. The van der Waals surface area contributed by atoms with Gasteiger partial charge < -0.3 is 10.2 Å². The molecular weight excluding hydrogens is 319 g/mol. The first-order valence-electron chi connectivity index (χ1n) is 8.92. The minimum absolute atomic E-state index is 0.0228. The number of aromatic nitrogens is 2. The maximum Gasteiger partial charge on any atom is 0.230 e. The van der Waals surface area contributed by atoms with Gasteiger partial charge in [0.2, 0.25) is 5.91 Å². The van der Waals surface area contributed by atoms with Gasteiger partial charge in [0, 0.05) is 38.4 Å². The molecule has 2 unspecified atom stereocenters. The second-order valence-corrected chi connectivity index (χ2v) is 7.00. The molecule has 0 radical (unpaired) electrons. The average Bonchev–Trinajstić information content (AvgIpc) is 3.01. The fourth-order valence-electron chi connectivity index (χ4n) is 4.04. The summed E-state index contributed by atoms with van der Waals surface area (Å²) >= 11 is 0. The lowest BCUT2D eigenvalue weighted by atomic mass is 9.86. The van der Waals surface area contributed by atoms with E-state index in [0.717, 1.165) is 42.6 Å². The quantitative estimate of drug-likeness (QED) is 0.910. The van der Waals surface area contributed by atoms with Crippen molar-refractivity contribution >= 4 is 5.91 Å². The summed E-state index contributed by atoms with van der Waals surface area (Å²) in [6.45, 7) is 1.99. The van der Waals surface area contributed by atoms with Crippen LogP contribution in [0.2, 0.25) is 0 Å². The number of fused-ring (bicyclic) bond motifs is 1. The molecule has 0 spiro atoms. The van der Waals surface area contributed by atoms with E-state index in [1.54, 1.807) is 12.1 Å². The van der Waals surface area contributed by atoms with Crippen molar-refractivity contribution < 1.29 is 9.18 Å². The van der Waals surface area contributed by atoms with Gasteiger partial charge in [0.15, 0.2) is 0 Å². The molecule has 132 valence electrons. The van der Waals surface area contributed by atoms with E-state index in [1.165, 1.54) is 6.07 Å². The van der Waals surface area contributed by atoms with Gasteiger partial charge in [0.05, 0.1) is 17.7 Å². The maximum atomic E-state index is 13.5. The van der Waals surface area contributed by atoms with E-state index >= 15 is 0 Å². The molecule has 2 aromatic rings. The van der Waals surface area contributed by atoms with Crippen LogP contribution in [0.15, 0.2) is 30.5 Å². The van der Waals surface area contributed by atoms with Crippen LogP contribution in [-0.2, 0) is 18.3 Å². The summed E-state index contributed by atoms with van der Waals surface area (Å²) in [5.41, 5.74) is 3.03. The molecular formula is C19H23FN4O. The Morgan fingerprint density at radius 2 is 2.28 bits per heavy atom. The van der Waals surface area contributed by atoms with Crippen molar-refractivity contribution in [3.8, 4) is 0 Å². The number of hydrogen-bond acceptors (Lipinski definition) is 3. The summed E-state index contributed by atoms with van der Waals surface area (Å²) in [6, 6.07) is 6.60. The van der Waals surface area contributed by atoms with Crippen LogP contribution in [0.4, 0.5) is 4.39 Å². The Morgan fingerprint density at radius 3 is 3.12 bits per heavy atom. The summed E-state index contributed by atoms with van der Waals surface area (Å²) in [5.74, 6) is -0.157. The molecule has 2 atom stereocenters. The number of nitrogens with one attached hydrogen (secondary N) is 1. The number of halogens is 1. The molecule has 5 nitrogen and oxygen atoms in total. The summed E-state index contributed by atoms with van der Waals surface area (Å²) < 4.78 is 15.3. The molecule has 4 rings (SSSR count). The van der Waals surface area contributed by atoms with E-state index < -0.39 is 0 Å². The fourth-order valence-corrected chi connectivity index (χ4v) is 4.04. The lowest BCUT2D eigenvalue weighted by Crippen LogP contribution is -2.49. The smallest absolute Gasteiger partial charge is 0.230 e. The van der Waals surface area contributed by atoms with Crippen molar-refractivity contribution in [3.05, 3.63) is 53.1 Å². The summed E-state index contributed by atoms with van der Waals surface area (Å²) in [4.78, 5) is 15.1. The highest BCUT2D eigenvalue weighted by Gasteiger charge is 2.34. The molecule has 6 heteroatoms. The first kappa shape index (κ1) is 16.3. The van der Waals surface area contributed by atoms with Crippen LogP contribution in [0.3, 0.4) is 0 Å². The second-order valence-electron chi connectivity index (χ2n) is 7.00. The highest BCUT2D eigenvalue weighted by molar-refractivity contribution is 5.84. The molecule has 2 heterocycles. The second kappa shape index (κ2) is 6.59. The van der Waals surface area contributed by atoms with Gasteiger partial charge in [-0.2, -0.15) is 5.10 Å². The Kier molecular flexibility index (Phi) is 4.29. The molecule has 0 bridgehead atoms. The van der Waals surface area contributed by atoms with Crippen LogP contribution >= 0.6 is 0 Å². The maximum absolute atomic E-state index is 13.5. The fraction of sp³-hybridized carbons (Fsp3) is 0.474. The topological polar surface area (TPSA) is 50.2 Å². The average molecular weight is 342 g/mol. The van der Waals surface area contributed by atoms with Crippen LogP contribution in [-0.4, -0.2) is 40.2 Å². The van der Waals surface area contributed by atoms with E-state index in [9.17, 15) is 9.18 Å². The molecule has 1 aromatic carbocycles. The number of carbonyl (C=O) groups excluding carboxylic acids is 1. The third kappa shape index (κ3) is 3.18. The largest absolute Gasteiger partial charge is 0.339 e. The van der Waals surface area contributed by atoms with E-state index in [0.29, 0.717) is 13.1 Å². The standard InChI is InChI=1S/C19H23FN4O/c1-23-11-16-15(6-3-7-17(16)22-23)19(25)24-9-8-21-18(12-24)13-4-2-5-14(20)10-13/h2,4-5,10-11,15,18,21H,3,6-9,12H2,1H3. The summed E-state index contributed by atoms with van der Waals surface area (Å²) in [7, 11) is 1.91. The molecule has 1 amide bonds. The lowest BCUT2D eigenvalue weighted by Gasteiger charge is -2.36. The van der Waals surface area contributed by atoms with Gasteiger partial charge in [-0.15, -0.1) is 0 Å². The summed E-state index contributed by atoms with van der Waals surface area (Å²) in [5, 5.41) is 7.89. The molecule has 2 aliphatic rings. The van der Waals surface area contributed by atoms with Gasteiger partial charge in [-0.25, -0.2) is 4.39 Å². The van der Waals surface area contributed by atoms with E-state index in [2.05, 4.69) is 10.4 Å². The first-order valence-corrected chi connectivity index (χ1v) is 8.92. The lowest BCUT2D eigenvalue weighted by molar-refractivity contribution is -0.134. The van der Waals surface area contributed by atoms with Crippen molar-refractivity contribution in [2.24, 2.45) is 7.05 Å². The van der Waals surface area contributed by atoms with E-state index in [4.69, 9.17) is 0 Å². The van der Waals surface area contributed by atoms with Gasteiger partial charge in [-0.3, -0.25) is 9.48 Å². The molecule has 1 fully saturated rings. The number of hydrogen-bond donors (Lipinski definition) is 1. The number of rotatable bonds is 2. The Balaban J connectivity index is 1.53. The van der Waals surface area contributed by atoms with Crippen molar-refractivity contribution in [2.45, 2.75) is 31.2 Å². The molecule has 1 aromatic heterocycles. The van der Waals surface area contributed by atoms with E-state index in [-0.39, 0.29) is 23.7 Å².